The maximum Gasteiger partial charge on any atom is 0.336 e. The summed E-state index contributed by atoms with van der Waals surface area (Å²) in [6, 6.07) is 0. The van der Waals surface area contributed by atoms with E-state index < -0.39 is 54.7 Å². The summed E-state index contributed by atoms with van der Waals surface area (Å²) >= 11 is 0. The molecule has 7 atom stereocenters. The number of ether oxygens (including phenoxy) is 5. The van der Waals surface area contributed by atoms with Gasteiger partial charge in [0.2, 0.25) is 12.6 Å². The Balaban J connectivity index is 1.61. The van der Waals surface area contributed by atoms with Gasteiger partial charge in [0.05, 0.1) is 11.8 Å². The van der Waals surface area contributed by atoms with Crippen molar-refractivity contribution < 1.29 is 38.1 Å². The van der Waals surface area contributed by atoms with E-state index in [1.165, 1.54) is 20.3 Å². The van der Waals surface area contributed by atoms with E-state index in [1.807, 2.05) is 6.08 Å². The Hall–Kier alpha value is -1.93. The van der Waals surface area contributed by atoms with E-state index in [0.29, 0.717) is 5.57 Å². The van der Waals surface area contributed by atoms with Crippen LogP contribution in [0.1, 0.15) is 53.4 Å². The van der Waals surface area contributed by atoms with Crippen molar-refractivity contribution in [3.63, 3.8) is 0 Å². The van der Waals surface area contributed by atoms with E-state index in [-0.39, 0.29) is 11.3 Å². The zero-order valence-corrected chi connectivity index (χ0v) is 17.2. The molecule has 0 aromatic carbocycles. The molecule has 0 radical (unpaired) electrons. The molecule has 1 aliphatic carbocycles. The summed E-state index contributed by atoms with van der Waals surface area (Å²) in [6.07, 6.45) is 2.82. The lowest BCUT2D eigenvalue weighted by Gasteiger charge is -2.34. The van der Waals surface area contributed by atoms with Gasteiger partial charge in [0.15, 0.2) is 12.4 Å². The van der Waals surface area contributed by atoms with Gasteiger partial charge in [-0.15, -0.1) is 0 Å². The zero-order chi connectivity index (χ0) is 20.9. The van der Waals surface area contributed by atoms with Gasteiger partial charge in [0, 0.05) is 19.4 Å². The minimum atomic E-state index is -1.07. The molecule has 160 valence electrons. The summed E-state index contributed by atoms with van der Waals surface area (Å²) in [4.78, 5) is 35.7. The summed E-state index contributed by atoms with van der Waals surface area (Å²) in [5, 5.41) is 0. The van der Waals surface area contributed by atoms with E-state index in [9.17, 15) is 14.4 Å². The first-order valence-corrected chi connectivity index (χ1v) is 10.2. The van der Waals surface area contributed by atoms with Crippen LogP contribution in [0.2, 0.25) is 0 Å². The summed E-state index contributed by atoms with van der Waals surface area (Å²) in [5.74, 6) is -2.12. The molecule has 1 saturated carbocycles. The SMILES string of the molecule is CC(=O)O[C@H]1O[C@H]2O[C@H]3OC(=O)C(=CC4CCCC(C)(C)C4)[C@H]3[C@H]2[C@@H]1OC(C)=O. The fraction of sp³-hybridized carbons (Fsp3) is 0.762. The zero-order valence-electron chi connectivity index (χ0n) is 17.2. The standard InChI is InChI=1S/C21H28O8/c1-10(22)25-16-15-14-13(8-12-6-5-7-21(3,4)9-12)17(24)27-18(14)28-19(15)29-20(16)26-11(2)23/h8,12,14-16,18-20H,5-7,9H2,1-4H3/t12?,14-,15-,16-,18+,19+,20-/m0/s1. The molecule has 0 bridgehead atoms. The number of hydrogen-bond donors (Lipinski definition) is 0. The quantitative estimate of drug-likeness (QED) is 0.399. The molecule has 0 amide bonds. The molecular formula is C21H28O8. The Morgan fingerprint density at radius 3 is 2.48 bits per heavy atom. The predicted molar refractivity (Wildman–Crippen MR) is 97.7 cm³/mol. The topological polar surface area (TPSA) is 97.4 Å². The summed E-state index contributed by atoms with van der Waals surface area (Å²) < 4.78 is 27.5. The molecular weight excluding hydrogens is 380 g/mol. The molecule has 8 heteroatoms. The van der Waals surface area contributed by atoms with Gasteiger partial charge in [-0.2, -0.15) is 0 Å². The molecule has 0 aromatic rings. The van der Waals surface area contributed by atoms with Crippen LogP contribution in [-0.2, 0) is 38.1 Å². The molecule has 8 nitrogen and oxygen atoms in total. The minimum absolute atomic E-state index is 0.230. The van der Waals surface area contributed by atoms with Crippen molar-refractivity contribution in [3.05, 3.63) is 11.6 Å². The molecule has 0 spiro atoms. The highest BCUT2D eigenvalue weighted by molar-refractivity contribution is 5.91. The van der Waals surface area contributed by atoms with Crippen molar-refractivity contribution in [2.24, 2.45) is 23.2 Å². The van der Waals surface area contributed by atoms with Crippen molar-refractivity contribution in [1.82, 2.24) is 0 Å². The largest absolute Gasteiger partial charge is 0.455 e. The predicted octanol–water partition coefficient (Wildman–Crippen LogP) is 2.45. The third-order valence-electron chi connectivity index (χ3n) is 6.27. The normalized spacial score (nSPS) is 41.6. The van der Waals surface area contributed by atoms with Crippen molar-refractivity contribution in [2.75, 3.05) is 0 Å². The van der Waals surface area contributed by atoms with Crippen molar-refractivity contribution in [2.45, 2.75) is 78.4 Å². The second kappa shape index (κ2) is 7.40. The first-order chi connectivity index (χ1) is 13.6. The lowest BCUT2D eigenvalue weighted by Crippen LogP contribution is -2.38. The highest BCUT2D eigenvalue weighted by Gasteiger charge is 2.64. The monoisotopic (exact) mass is 408 g/mol. The van der Waals surface area contributed by atoms with Crippen LogP contribution in [0.25, 0.3) is 0 Å². The Labute approximate surface area is 169 Å². The van der Waals surface area contributed by atoms with Gasteiger partial charge in [-0.25, -0.2) is 4.79 Å². The van der Waals surface area contributed by atoms with Gasteiger partial charge in [-0.05, 0) is 30.6 Å². The molecule has 3 heterocycles. The van der Waals surface area contributed by atoms with Crippen LogP contribution < -0.4 is 0 Å². The van der Waals surface area contributed by atoms with E-state index in [4.69, 9.17) is 23.7 Å². The molecule has 4 aliphatic rings. The Morgan fingerprint density at radius 2 is 1.83 bits per heavy atom. The van der Waals surface area contributed by atoms with Crippen molar-refractivity contribution in [3.8, 4) is 0 Å². The fourth-order valence-corrected chi connectivity index (χ4v) is 5.21. The number of carbonyl (C=O) groups excluding carboxylic acids is 3. The maximum absolute atomic E-state index is 12.6. The van der Waals surface area contributed by atoms with Gasteiger partial charge in [0.25, 0.3) is 0 Å². The molecule has 29 heavy (non-hydrogen) atoms. The molecule has 0 aromatic heterocycles. The number of fused-ring (bicyclic) bond motifs is 3. The molecule has 4 rings (SSSR count). The van der Waals surface area contributed by atoms with Crippen LogP contribution in [-0.4, -0.2) is 42.9 Å². The molecule has 3 aliphatic heterocycles. The Morgan fingerprint density at radius 1 is 1.10 bits per heavy atom. The Kier molecular flexibility index (Phi) is 5.19. The third-order valence-corrected chi connectivity index (χ3v) is 6.27. The fourth-order valence-electron chi connectivity index (χ4n) is 5.21. The first kappa shape index (κ1) is 20.3. The summed E-state index contributed by atoms with van der Waals surface area (Å²) in [6.45, 7) is 7.02. The van der Waals surface area contributed by atoms with Gasteiger partial charge < -0.3 is 23.7 Å². The third kappa shape index (κ3) is 3.92. The second-order valence-electron chi connectivity index (χ2n) is 9.21. The highest BCUT2D eigenvalue weighted by Crippen LogP contribution is 2.51. The first-order valence-electron chi connectivity index (χ1n) is 10.2. The van der Waals surface area contributed by atoms with Crippen LogP contribution in [0.15, 0.2) is 11.6 Å². The maximum atomic E-state index is 12.6. The van der Waals surface area contributed by atoms with Crippen LogP contribution >= 0.6 is 0 Å². The van der Waals surface area contributed by atoms with E-state index >= 15 is 0 Å². The summed E-state index contributed by atoms with van der Waals surface area (Å²) in [5.41, 5.74) is 0.780. The minimum Gasteiger partial charge on any atom is -0.455 e. The molecule has 0 N–H and O–H groups in total. The van der Waals surface area contributed by atoms with E-state index in [0.717, 1.165) is 19.3 Å². The van der Waals surface area contributed by atoms with E-state index in [2.05, 4.69) is 13.8 Å². The lowest BCUT2D eigenvalue weighted by molar-refractivity contribution is -0.244. The van der Waals surface area contributed by atoms with Gasteiger partial charge >= 0.3 is 17.9 Å². The number of rotatable bonds is 3. The summed E-state index contributed by atoms with van der Waals surface area (Å²) in [7, 11) is 0. The van der Waals surface area contributed by atoms with Gasteiger partial charge in [0.1, 0.15) is 0 Å². The average Bonchev–Trinajstić information content (AvgIpc) is 3.16. The molecule has 1 unspecified atom stereocenters. The van der Waals surface area contributed by atoms with Crippen molar-refractivity contribution in [1.29, 1.82) is 0 Å². The number of carbonyl (C=O) groups is 3. The average molecular weight is 408 g/mol. The van der Waals surface area contributed by atoms with Gasteiger partial charge in [-0.1, -0.05) is 26.3 Å². The Bertz CT molecular complexity index is 741. The van der Waals surface area contributed by atoms with Crippen molar-refractivity contribution >= 4 is 17.9 Å². The number of hydrogen-bond acceptors (Lipinski definition) is 8. The molecule has 4 fully saturated rings. The van der Waals surface area contributed by atoms with Crippen LogP contribution in [0.4, 0.5) is 0 Å². The lowest BCUT2D eigenvalue weighted by atomic mass is 9.71. The second-order valence-corrected chi connectivity index (χ2v) is 9.21. The van der Waals surface area contributed by atoms with Crippen LogP contribution in [0, 0.1) is 23.2 Å². The molecule has 3 saturated heterocycles. The number of esters is 3. The van der Waals surface area contributed by atoms with Crippen LogP contribution in [0.5, 0.6) is 0 Å². The van der Waals surface area contributed by atoms with E-state index in [1.54, 1.807) is 0 Å². The van der Waals surface area contributed by atoms with Gasteiger partial charge in [-0.3, -0.25) is 9.59 Å². The highest BCUT2D eigenvalue weighted by atomic mass is 16.8. The smallest absolute Gasteiger partial charge is 0.336 e. The number of allylic oxidation sites excluding steroid dienone is 1. The van der Waals surface area contributed by atoms with Crippen LogP contribution in [0.3, 0.4) is 0 Å².